The number of hydrogen-bond acceptors (Lipinski definition) is 3. The molecule has 1 aliphatic heterocycles. The first-order valence-corrected chi connectivity index (χ1v) is 8.82. The van der Waals surface area contributed by atoms with Crippen molar-refractivity contribution in [1.82, 2.24) is 15.1 Å². The molecule has 0 aromatic heterocycles. The number of nitrogens with zero attached hydrogens (tertiary/aromatic N) is 3. The molecular formula is C19H30N4O2. The average molecular weight is 346 g/mol. The van der Waals surface area contributed by atoms with Crippen molar-refractivity contribution in [2.24, 2.45) is 4.99 Å². The van der Waals surface area contributed by atoms with Gasteiger partial charge in [-0.15, -0.1) is 0 Å². The zero-order chi connectivity index (χ0) is 18.2. The highest BCUT2D eigenvalue weighted by atomic mass is 16.5. The summed E-state index contributed by atoms with van der Waals surface area (Å²) < 4.78 is 5.67. The van der Waals surface area contributed by atoms with Crippen LogP contribution in [-0.4, -0.2) is 68.6 Å². The van der Waals surface area contributed by atoms with E-state index in [1.807, 2.05) is 11.9 Å². The summed E-state index contributed by atoms with van der Waals surface area (Å²) in [4.78, 5) is 20.0. The number of guanidine groups is 1. The summed E-state index contributed by atoms with van der Waals surface area (Å²) in [6.45, 7) is 4.49. The molecular weight excluding hydrogens is 316 g/mol. The van der Waals surface area contributed by atoms with Crippen LogP contribution in [0.25, 0.3) is 0 Å². The molecule has 1 amide bonds. The molecule has 0 aliphatic carbocycles. The first-order chi connectivity index (χ1) is 12.0. The third kappa shape index (κ3) is 6.38. The monoisotopic (exact) mass is 346 g/mol. The quantitative estimate of drug-likeness (QED) is 0.628. The van der Waals surface area contributed by atoms with Crippen molar-refractivity contribution in [2.45, 2.75) is 32.4 Å². The van der Waals surface area contributed by atoms with Crippen molar-refractivity contribution in [2.75, 3.05) is 40.8 Å². The Labute approximate surface area is 150 Å². The molecule has 6 heteroatoms. The van der Waals surface area contributed by atoms with Crippen LogP contribution < -0.4 is 5.32 Å². The second-order valence-corrected chi connectivity index (χ2v) is 6.79. The lowest BCUT2D eigenvalue weighted by Crippen LogP contribution is -2.42. The SMILES string of the molecule is Cc1ccc(CN(C)C(=NCC(=O)N(C)C)NCC2CCCO2)cc1. The highest BCUT2D eigenvalue weighted by Crippen LogP contribution is 2.11. The Kier molecular flexibility index (Phi) is 7.25. The number of rotatable bonds is 6. The molecule has 138 valence electrons. The Morgan fingerprint density at radius 2 is 2.00 bits per heavy atom. The van der Waals surface area contributed by atoms with Crippen LogP contribution in [0.5, 0.6) is 0 Å². The van der Waals surface area contributed by atoms with Crippen molar-refractivity contribution in [3.8, 4) is 0 Å². The van der Waals surface area contributed by atoms with Gasteiger partial charge in [0.2, 0.25) is 5.91 Å². The van der Waals surface area contributed by atoms with Gasteiger partial charge >= 0.3 is 0 Å². The summed E-state index contributed by atoms with van der Waals surface area (Å²) in [5, 5.41) is 3.37. The fourth-order valence-electron chi connectivity index (χ4n) is 2.65. The predicted octanol–water partition coefficient (Wildman–Crippen LogP) is 1.64. The number of amides is 1. The minimum absolute atomic E-state index is 0.0137. The van der Waals surface area contributed by atoms with Crippen LogP contribution in [0, 0.1) is 6.92 Å². The van der Waals surface area contributed by atoms with Crippen molar-refractivity contribution < 1.29 is 9.53 Å². The first-order valence-electron chi connectivity index (χ1n) is 8.82. The van der Waals surface area contributed by atoms with Gasteiger partial charge in [-0.3, -0.25) is 4.79 Å². The number of carbonyl (C=O) groups excluding carboxylic acids is 1. The number of nitrogens with one attached hydrogen (secondary N) is 1. The molecule has 1 N–H and O–H groups in total. The molecule has 1 aliphatic rings. The fraction of sp³-hybridized carbons (Fsp3) is 0.579. The summed E-state index contributed by atoms with van der Waals surface area (Å²) in [6, 6.07) is 8.45. The summed E-state index contributed by atoms with van der Waals surface area (Å²) in [6.07, 6.45) is 2.40. The van der Waals surface area contributed by atoms with Crippen LogP contribution in [0.15, 0.2) is 29.3 Å². The third-order valence-electron chi connectivity index (χ3n) is 4.28. The number of benzene rings is 1. The van der Waals surface area contributed by atoms with Crippen LogP contribution in [0.2, 0.25) is 0 Å². The number of aliphatic imine (C=N–C) groups is 1. The van der Waals surface area contributed by atoms with Gasteiger partial charge in [-0.25, -0.2) is 4.99 Å². The molecule has 1 fully saturated rings. The van der Waals surface area contributed by atoms with E-state index < -0.39 is 0 Å². The molecule has 1 aromatic rings. The van der Waals surface area contributed by atoms with Crippen LogP contribution in [-0.2, 0) is 16.1 Å². The van der Waals surface area contributed by atoms with E-state index in [9.17, 15) is 4.79 Å². The topological polar surface area (TPSA) is 57.2 Å². The maximum Gasteiger partial charge on any atom is 0.243 e. The van der Waals surface area contributed by atoms with E-state index in [0.29, 0.717) is 6.54 Å². The Morgan fingerprint density at radius 3 is 2.60 bits per heavy atom. The standard InChI is InChI=1S/C19H30N4O2/c1-15-7-9-16(10-8-15)14-23(4)19(21-13-18(24)22(2)3)20-12-17-6-5-11-25-17/h7-10,17H,5-6,11-14H2,1-4H3,(H,20,21). The van der Waals surface area contributed by atoms with Crippen molar-refractivity contribution in [3.05, 3.63) is 35.4 Å². The number of carbonyl (C=O) groups is 1. The molecule has 2 rings (SSSR count). The lowest BCUT2D eigenvalue weighted by molar-refractivity contribution is -0.127. The second kappa shape index (κ2) is 9.42. The van der Waals surface area contributed by atoms with Crippen LogP contribution in [0.3, 0.4) is 0 Å². The Morgan fingerprint density at radius 1 is 1.28 bits per heavy atom. The van der Waals surface area contributed by atoms with Crippen molar-refractivity contribution >= 4 is 11.9 Å². The maximum absolute atomic E-state index is 11.9. The van der Waals surface area contributed by atoms with Gasteiger partial charge in [-0.1, -0.05) is 29.8 Å². The van der Waals surface area contributed by atoms with E-state index in [-0.39, 0.29) is 18.6 Å². The zero-order valence-corrected chi connectivity index (χ0v) is 15.8. The minimum Gasteiger partial charge on any atom is -0.376 e. The van der Waals surface area contributed by atoms with Crippen molar-refractivity contribution in [1.29, 1.82) is 0 Å². The Balaban J connectivity index is 2.00. The van der Waals surface area contributed by atoms with Gasteiger partial charge in [-0.05, 0) is 25.3 Å². The van der Waals surface area contributed by atoms with E-state index in [1.54, 1.807) is 19.0 Å². The Hall–Kier alpha value is -2.08. The van der Waals surface area contributed by atoms with Crippen LogP contribution in [0.4, 0.5) is 0 Å². The predicted molar refractivity (Wildman–Crippen MR) is 101 cm³/mol. The molecule has 1 atom stereocenters. The number of likely N-dealkylation sites (N-methyl/N-ethyl adjacent to an activating group) is 1. The van der Waals surface area contributed by atoms with Crippen LogP contribution >= 0.6 is 0 Å². The molecule has 0 bridgehead atoms. The number of aryl methyl sites for hydroxylation is 1. The van der Waals surface area contributed by atoms with E-state index in [2.05, 4.69) is 41.5 Å². The molecule has 1 heterocycles. The van der Waals surface area contributed by atoms with E-state index in [0.717, 1.165) is 32.0 Å². The largest absolute Gasteiger partial charge is 0.376 e. The Bertz CT molecular complexity index is 578. The molecule has 25 heavy (non-hydrogen) atoms. The van der Waals surface area contributed by atoms with Gasteiger partial charge < -0.3 is 19.9 Å². The highest BCUT2D eigenvalue weighted by Gasteiger charge is 2.17. The van der Waals surface area contributed by atoms with Gasteiger partial charge in [0.15, 0.2) is 5.96 Å². The molecule has 1 unspecified atom stereocenters. The maximum atomic E-state index is 11.9. The molecule has 0 radical (unpaired) electrons. The van der Waals surface area contributed by atoms with Gasteiger partial charge in [0.05, 0.1) is 6.10 Å². The minimum atomic E-state index is -0.0137. The van der Waals surface area contributed by atoms with Gasteiger partial charge in [-0.2, -0.15) is 0 Å². The number of hydrogen-bond donors (Lipinski definition) is 1. The smallest absolute Gasteiger partial charge is 0.243 e. The van der Waals surface area contributed by atoms with Crippen molar-refractivity contribution in [3.63, 3.8) is 0 Å². The fourth-order valence-corrected chi connectivity index (χ4v) is 2.65. The van der Waals surface area contributed by atoms with Crippen LogP contribution in [0.1, 0.15) is 24.0 Å². The zero-order valence-electron chi connectivity index (χ0n) is 15.8. The molecule has 1 saturated heterocycles. The normalized spacial score (nSPS) is 17.4. The molecule has 1 aromatic carbocycles. The third-order valence-corrected chi connectivity index (χ3v) is 4.28. The number of ether oxygens (including phenoxy) is 1. The van der Waals surface area contributed by atoms with Gasteiger partial charge in [0.25, 0.3) is 0 Å². The summed E-state index contributed by atoms with van der Waals surface area (Å²) in [7, 11) is 5.47. The molecule has 0 saturated carbocycles. The summed E-state index contributed by atoms with van der Waals surface area (Å²) in [5.74, 6) is 0.714. The van der Waals surface area contributed by atoms with E-state index in [1.165, 1.54) is 11.1 Å². The lowest BCUT2D eigenvalue weighted by atomic mass is 10.1. The molecule has 0 spiro atoms. The summed E-state index contributed by atoms with van der Waals surface area (Å²) >= 11 is 0. The average Bonchev–Trinajstić information content (AvgIpc) is 3.10. The summed E-state index contributed by atoms with van der Waals surface area (Å²) in [5.41, 5.74) is 2.45. The first kappa shape index (κ1) is 19.2. The lowest BCUT2D eigenvalue weighted by Gasteiger charge is -2.24. The highest BCUT2D eigenvalue weighted by molar-refractivity contribution is 5.84. The van der Waals surface area contributed by atoms with E-state index in [4.69, 9.17) is 4.74 Å². The van der Waals surface area contributed by atoms with E-state index >= 15 is 0 Å². The van der Waals surface area contributed by atoms with Gasteiger partial charge in [0.1, 0.15) is 6.54 Å². The molecule has 6 nitrogen and oxygen atoms in total. The second-order valence-electron chi connectivity index (χ2n) is 6.79. The van der Waals surface area contributed by atoms with Gasteiger partial charge in [0, 0.05) is 40.8 Å².